The van der Waals surface area contributed by atoms with Crippen LogP contribution in [0.4, 0.5) is 0 Å². The van der Waals surface area contributed by atoms with Gasteiger partial charge >= 0.3 is 0 Å². The molecule has 0 radical (unpaired) electrons. The van der Waals surface area contributed by atoms with Gasteiger partial charge in [0.15, 0.2) is 0 Å². The molecule has 0 saturated carbocycles. The quantitative estimate of drug-likeness (QED) is 0.147. The molecule has 0 fully saturated rings. The summed E-state index contributed by atoms with van der Waals surface area (Å²) in [5.74, 6) is 0. The second-order valence-electron chi connectivity index (χ2n) is 16.3. The van der Waals surface area contributed by atoms with Crippen molar-refractivity contribution in [3.8, 4) is 66.8 Å². The van der Waals surface area contributed by atoms with E-state index in [1.54, 1.807) is 0 Å². The van der Waals surface area contributed by atoms with Gasteiger partial charge in [-0.15, -0.1) is 0 Å². The van der Waals surface area contributed by atoms with Crippen molar-refractivity contribution in [2.75, 3.05) is 0 Å². The Kier molecular flexibility index (Phi) is 8.61. The maximum absolute atomic E-state index is 2.40. The Hall–Kier alpha value is -8.06. The fourth-order valence-corrected chi connectivity index (χ4v) is 9.97. The van der Waals surface area contributed by atoms with E-state index in [4.69, 9.17) is 0 Å². The fraction of sp³-hybridized carbons (Fsp3) is 0. The monoisotopic (exact) mass is 784 g/mol. The first-order valence-corrected chi connectivity index (χ1v) is 21.5. The standard InChI is InChI=1S/C62H40/c1-3-15-41(16-4-1)50-37-38-57-58(40-50)62(44-18-5-2-6-19-44)56-26-14-13-25-55(56)61(57)47-34-32-46(33-35-47)60-53-23-11-9-21-51(53)59(52-22-10-12-24-54(52)60)45-30-27-43(28-31-45)49-36-29-42-17-7-8-20-48(42)39-49/h1-40H. The van der Waals surface area contributed by atoms with Gasteiger partial charge in [-0.2, -0.15) is 0 Å². The van der Waals surface area contributed by atoms with Gasteiger partial charge in [-0.25, -0.2) is 0 Å². The largest absolute Gasteiger partial charge is 0.0622 e. The highest BCUT2D eigenvalue weighted by Gasteiger charge is 2.20. The molecule has 0 aliphatic rings. The van der Waals surface area contributed by atoms with Gasteiger partial charge in [0, 0.05) is 0 Å². The summed E-state index contributed by atoms with van der Waals surface area (Å²) in [7, 11) is 0. The van der Waals surface area contributed by atoms with E-state index in [-0.39, 0.29) is 0 Å². The van der Waals surface area contributed by atoms with Crippen molar-refractivity contribution in [2.45, 2.75) is 0 Å². The minimum absolute atomic E-state index is 1.21. The Morgan fingerprint density at radius 3 is 0.919 bits per heavy atom. The van der Waals surface area contributed by atoms with E-state index in [9.17, 15) is 0 Å². The number of rotatable bonds is 6. The Morgan fingerprint density at radius 1 is 0.145 bits per heavy atom. The molecule has 0 spiro atoms. The predicted octanol–water partition coefficient (Wildman–Crippen LogP) is 17.5. The number of hydrogen-bond acceptors (Lipinski definition) is 0. The van der Waals surface area contributed by atoms with Crippen molar-refractivity contribution in [2.24, 2.45) is 0 Å². The first kappa shape index (κ1) is 35.8. The Bertz CT molecular complexity index is 3580. The molecule has 288 valence electrons. The van der Waals surface area contributed by atoms with E-state index in [0.717, 1.165) is 0 Å². The van der Waals surface area contributed by atoms with Gasteiger partial charge in [-0.05, 0) is 133 Å². The van der Waals surface area contributed by atoms with Crippen LogP contribution in [-0.2, 0) is 0 Å². The molecule has 12 aromatic rings. The lowest BCUT2D eigenvalue weighted by atomic mass is 9.83. The lowest BCUT2D eigenvalue weighted by Crippen LogP contribution is -1.93. The van der Waals surface area contributed by atoms with E-state index < -0.39 is 0 Å². The SMILES string of the molecule is c1ccc(-c2ccc3c(-c4ccc(-c5c6ccccc6c(-c6ccc(-c7ccc8ccccc8c7)cc6)c6ccccc56)cc4)c4ccccc4c(-c4ccccc4)c3c2)cc1. The molecule has 0 aromatic heterocycles. The Morgan fingerprint density at radius 2 is 0.435 bits per heavy atom. The summed E-state index contributed by atoms with van der Waals surface area (Å²) >= 11 is 0. The topological polar surface area (TPSA) is 0 Å². The Balaban J connectivity index is 1.01. The summed E-state index contributed by atoms with van der Waals surface area (Å²) in [6, 6.07) is 89.3. The summed E-state index contributed by atoms with van der Waals surface area (Å²) in [5.41, 5.74) is 14.8. The van der Waals surface area contributed by atoms with E-state index in [1.165, 1.54) is 121 Å². The van der Waals surface area contributed by atoms with Crippen molar-refractivity contribution in [1.29, 1.82) is 0 Å². The number of hydrogen-bond donors (Lipinski definition) is 0. The third-order valence-electron chi connectivity index (χ3n) is 12.8. The molecule has 0 bridgehead atoms. The molecule has 12 aromatic carbocycles. The number of fused-ring (bicyclic) bond motifs is 5. The van der Waals surface area contributed by atoms with E-state index in [2.05, 4.69) is 243 Å². The first-order chi connectivity index (χ1) is 30.8. The van der Waals surface area contributed by atoms with Gasteiger partial charge in [0.2, 0.25) is 0 Å². The third-order valence-corrected chi connectivity index (χ3v) is 12.8. The summed E-state index contributed by atoms with van der Waals surface area (Å²) in [4.78, 5) is 0. The minimum atomic E-state index is 1.21. The molecular weight excluding hydrogens is 745 g/mol. The van der Waals surface area contributed by atoms with Crippen LogP contribution >= 0.6 is 0 Å². The molecule has 62 heavy (non-hydrogen) atoms. The molecule has 0 atom stereocenters. The van der Waals surface area contributed by atoms with Crippen LogP contribution in [0, 0.1) is 0 Å². The highest BCUT2D eigenvalue weighted by atomic mass is 14.2. The molecule has 0 N–H and O–H groups in total. The summed E-state index contributed by atoms with van der Waals surface area (Å²) in [6.45, 7) is 0. The van der Waals surface area contributed by atoms with Crippen LogP contribution in [0.2, 0.25) is 0 Å². The van der Waals surface area contributed by atoms with Crippen LogP contribution in [-0.4, -0.2) is 0 Å². The van der Waals surface area contributed by atoms with Crippen molar-refractivity contribution >= 4 is 53.9 Å². The van der Waals surface area contributed by atoms with Crippen LogP contribution in [0.1, 0.15) is 0 Å². The summed E-state index contributed by atoms with van der Waals surface area (Å²) < 4.78 is 0. The van der Waals surface area contributed by atoms with Crippen molar-refractivity contribution in [3.05, 3.63) is 243 Å². The molecule has 12 rings (SSSR count). The zero-order valence-electron chi connectivity index (χ0n) is 34.1. The van der Waals surface area contributed by atoms with Gasteiger partial charge in [0.1, 0.15) is 0 Å². The summed E-state index contributed by atoms with van der Waals surface area (Å²) in [5, 5.41) is 12.6. The zero-order chi connectivity index (χ0) is 41.0. The molecule has 0 aliphatic carbocycles. The Labute approximate surface area is 361 Å². The molecule has 0 aliphatic heterocycles. The fourth-order valence-electron chi connectivity index (χ4n) is 9.97. The molecule has 0 heteroatoms. The summed E-state index contributed by atoms with van der Waals surface area (Å²) in [6.07, 6.45) is 0. The predicted molar refractivity (Wildman–Crippen MR) is 267 cm³/mol. The van der Waals surface area contributed by atoms with E-state index >= 15 is 0 Å². The number of benzene rings is 12. The molecule has 0 heterocycles. The van der Waals surface area contributed by atoms with Crippen LogP contribution in [0.25, 0.3) is 121 Å². The smallest absolute Gasteiger partial charge is 0.00262 e. The third kappa shape index (κ3) is 5.99. The second kappa shape index (κ2) is 14.9. The normalized spacial score (nSPS) is 11.5. The highest BCUT2D eigenvalue weighted by molar-refractivity contribution is 6.23. The zero-order valence-corrected chi connectivity index (χ0v) is 34.1. The van der Waals surface area contributed by atoms with Gasteiger partial charge in [-0.1, -0.05) is 231 Å². The highest BCUT2D eigenvalue weighted by Crippen LogP contribution is 2.47. The van der Waals surface area contributed by atoms with Crippen LogP contribution < -0.4 is 0 Å². The molecule has 0 amide bonds. The van der Waals surface area contributed by atoms with Crippen molar-refractivity contribution in [3.63, 3.8) is 0 Å². The molecule has 0 saturated heterocycles. The van der Waals surface area contributed by atoms with Crippen molar-refractivity contribution < 1.29 is 0 Å². The lowest BCUT2D eigenvalue weighted by Gasteiger charge is -2.20. The van der Waals surface area contributed by atoms with E-state index in [1.807, 2.05) is 0 Å². The van der Waals surface area contributed by atoms with Crippen LogP contribution in [0.15, 0.2) is 243 Å². The molecule has 0 nitrogen and oxygen atoms in total. The minimum Gasteiger partial charge on any atom is -0.0622 e. The van der Waals surface area contributed by atoms with Gasteiger partial charge in [-0.3, -0.25) is 0 Å². The van der Waals surface area contributed by atoms with E-state index in [0.29, 0.717) is 0 Å². The van der Waals surface area contributed by atoms with Crippen molar-refractivity contribution in [1.82, 2.24) is 0 Å². The molecular formula is C62H40. The van der Waals surface area contributed by atoms with Crippen LogP contribution in [0.3, 0.4) is 0 Å². The maximum atomic E-state index is 2.40. The average molecular weight is 785 g/mol. The first-order valence-electron chi connectivity index (χ1n) is 21.5. The maximum Gasteiger partial charge on any atom is -0.00262 e. The van der Waals surface area contributed by atoms with Gasteiger partial charge in [0.05, 0.1) is 0 Å². The average Bonchev–Trinajstić information content (AvgIpc) is 3.35. The second-order valence-corrected chi connectivity index (χ2v) is 16.3. The van der Waals surface area contributed by atoms with Gasteiger partial charge < -0.3 is 0 Å². The van der Waals surface area contributed by atoms with Gasteiger partial charge in [0.25, 0.3) is 0 Å². The molecule has 0 unspecified atom stereocenters. The van der Waals surface area contributed by atoms with Crippen LogP contribution in [0.5, 0.6) is 0 Å². The lowest BCUT2D eigenvalue weighted by molar-refractivity contribution is 1.62.